The van der Waals surface area contributed by atoms with Crippen LogP contribution in [0.4, 0.5) is 0 Å². The van der Waals surface area contributed by atoms with Crippen LogP contribution in [0.5, 0.6) is 0 Å². The van der Waals surface area contributed by atoms with Crippen LogP contribution in [0, 0.1) is 0 Å². The number of piperidine rings is 1. The van der Waals surface area contributed by atoms with Gasteiger partial charge in [0.15, 0.2) is 0 Å². The minimum atomic E-state index is 0.0910. The number of rotatable bonds is 1. The third kappa shape index (κ3) is 1.99. The molecule has 2 aromatic rings. The fourth-order valence-corrected chi connectivity index (χ4v) is 2.56. The third-order valence-corrected chi connectivity index (χ3v) is 3.55. The zero-order valence-corrected chi connectivity index (χ0v) is 10.2. The van der Waals surface area contributed by atoms with E-state index in [4.69, 9.17) is 5.73 Å². The minimum absolute atomic E-state index is 0.0910. The third-order valence-electron chi connectivity index (χ3n) is 3.55. The summed E-state index contributed by atoms with van der Waals surface area (Å²) < 4.78 is 0. The van der Waals surface area contributed by atoms with E-state index in [2.05, 4.69) is 4.98 Å². The van der Waals surface area contributed by atoms with E-state index in [1.54, 1.807) is 0 Å². The Morgan fingerprint density at radius 3 is 3.11 bits per heavy atom. The lowest BCUT2D eigenvalue weighted by atomic mass is 10.0. The van der Waals surface area contributed by atoms with Crippen molar-refractivity contribution in [3.63, 3.8) is 0 Å². The van der Waals surface area contributed by atoms with E-state index in [9.17, 15) is 4.79 Å². The predicted octanol–water partition coefficient (Wildman–Crippen LogP) is 1.73. The van der Waals surface area contributed by atoms with Crippen molar-refractivity contribution in [1.82, 2.24) is 9.88 Å². The Balaban J connectivity index is 1.86. The van der Waals surface area contributed by atoms with Crippen molar-refractivity contribution in [3.8, 4) is 0 Å². The number of carbonyl (C=O) groups is 1. The first kappa shape index (κ1) is 11.3. The number of H-pyrrole nitrogens is 1. The number of likely N-dealkylation sites (tertiary alicyclic amines) is 1. The molecule has 1 aromatic heterocycles. The van der Waals surface area contributed by atoms with Crippen LogP contribution in [0.1, 0.15) is 23.2 Å². The highest BCUT2D eigenvalue weighted by Crippen LogP contribution is 2.17. The maximum atomic E-state index is 12.4. The van der Waals surface area contributed by atoms with E-state index in [-0.39, 0.29) is 11.9 Å². The lowest BCUT2D eigenvalue weighted by Crippen LogP contribution is -2.45. The van der Waals surface area contributed by atoms with Crippen LogP contribution in [-0.2, 0) is 0 Å². The SMILES string of the molecule is N[C@@H]1CCCN(C(=O)c2ccc3[nH]ccc3c2)C1. The van der Waals surface area contributed by atoms with E-state index in [1.807, 2.05) is 35.4 Å². The Morgan fingerprint density at radius 2 is 2.28 bits per heavy atom. The average molecular weight is 243 g/mol. The number of carbonyl (C=O) groups excluding carboxylic acids is 1. The Morgan fingerprint density at radius 1 is 1.39 bits per heavy atom. The molecule has 94 valence electrons. The number of fused-ring (bicyclic) bond motifs is 1. The predicted molar refractivity (Wildman–Crippen MR) is 71.4 cm³/mol. The summed E-state index contributed by atoms with van der Waals surface area (Å²) in [5.74, 6) is 0.0910. The van der Waals surface area contributed by atoms with Crippen molar-refractivity contribution in [2.75, 3.05) is 13.1 Å². The standard InChI is InChI=1S/C14H17N3O/c15-12-2-1-7-17(9-12)14(18)11-3-4-13-10(8-11)5-6-16-13/h3-6,8,12,16H,1-2,7,9,15H2/t12-/m1/s1. The molecule has 0 saturated carbocycles. The molecule has 0 spiro atoms. The lowest BCUT2D eigenvalue weighted by molar-refractivity contribution is 0.0709. The molecule has 1 aliphatic heterocycles. The molecule has 3 N–H and O–H groups in total. The summed E-state index contributed by atoms with van der Waals surface area (Å²) in [5, 5.41) is 1.07. The van der Waals surface area contributed by atoms with Crippen molar-refractivity contribution >= 4 is 16.8 Å². The molecular weight excluding hydrogens is 226 g/mol. The van der Waals surface area contributed by atoms with Crippen molar-refractivity contribution in [1.29, 1.82) is 0 Å². The van der Waals surface area contributed by atoms with Crippen molar-refractivity contribution in [3.05, 3.63) is 36.0 Å². The van der Waals surface area contributed by atoms with Gasteiger partial charge in [-0.1, -0.05) is 0 Å². The Bertz CT molecular complexity index is 575. The van der Waals surface area contributed by atoms with Crippen LogP contribution in [0.3, 0.4) is 0 Å². The second-order valence-electron chi connectivity index (χ2n) is 4.93. The second kappa shape index (κ2) is 4.46. The number of aromatic amines is 1. The van der Waals surface area contributed by atoms with Gasteiger partial charge in [0.2, 0.25) is 0 Å². The van der Waals surface area contributed by atoms with Crippen molar-refractivity contribution in [2.45, 2.75) is 18.9 Å². The van der Waals surface area contributed by atoms with Gasteiger partial charge in [0, 0.05) is 41.8 Å². The van der Waals surface area contributed by atoms with Gasteiger partial charge in [-0.3, -0.25) is 4.79 Å². The van der Waals surface area contributed by atoms with Crippen LogP contribution in [-0.4, -0.2) is 34.9 Å². The summed E-state index contributed by atoms with van der Waals surface area (Å²) in [4.78, 5) is 17.4. The normalized spacial score (nSPS) is 20.3. The first-order chi connectivity index (χ1) is 8.74. The quantitative estimate of drug-likeness (QED) is 0.801. The van der Waals surface area contributed by atoms with Gasteiger partial charge in [0.25, 0.3) is 5.91 Å². The molecular formula is C14H17N3O. The number of benzene rings is 1. The van der Waals surface area contributed by atoms with Gasteiger partial charge in [-0.25, -0.2) is 0 Å². The Hall–Kier alpha value is -1.81. The van der Waals surface area contributed by atoms with Gasteiger partial charge in [0.05, 0.1) is 0 Å². The molecule has 1 saturated heterocycles. The summed E-state index contributed by atoms with van der Waals surface area (Å²) >= 11 is 0. The minimum Gasteiger partial charge on any atom is -0.361 e. The van der Waals surface area contributed by atoms with Gasteiger partial charge < -0.3 is 15.6 Å². The van der Waals surface area contributed by atoms with Gasteiger partial charge in [-0.15, -0.1) is 0 Å². The molecule has 1 atom stereocenters. The highest BCUT2D eigenvalue weighted by atomic mass is 16.2. The number of hydrogen-bond donors (Lipinski definition) is 2. The van der Waals surface area contributed by atoms with Crippen LogP contribution in [0.25, 0.3) is 10.9 Å². The van der Waals surface area contributed by atoms with Gasteiger partial charge >= 0.3 is 0 Å². The molecule has 1 amide bonds. The monoisotopic (exact) mass is 243 g/mol. The van der Waals surface area contributed by atoms with Crippen molar-refractivity contribution in [2.24, 2.45) is 5.73 Å². The first-order valence-corrected chi connectivity index (χ1v) is 6.36. The number of aromatic nitrogens is 1. The molecule has 1 aliphatic rings. The Labute approximate surface area is 106 Å². The van der Waals surface area contributed by atoms with E-state index in [1.165, 1.54) is 0 Å². The molecule has 0 unspecified atom stereocenters. The van der Waals surface area contributed by atoms with Gasteiger partial charge in [-0.2, -0.15) is 0 Å². The molecule has 1 fully saturated rings. The van der Waals surface area contributed by atoms with Crippen LogP contribution >= 0.6 is 0 Å². The number of amides is 1. The molecule has 1 aromatic carbocycles. The molecule has 4 nitrogen and oxygen atoms in total. The van der Waals surface area contributed by atoms with Crippen molar-refractivity contribution < 1.29 is 4.79 Å². The molecule has 3 rings (SSSR count). The summed E-state index contributed by atoms with van der Waals surface area (Å²) in [7, 11) is 0. The maximum Gasteiger partial charge on any atom is 0.253 e. The first-order valence-electron chi connectivity index (χ1n) is 6.36. The number of hydrogen-bond acceptors (Lipinski definition) is 2. The smallest absolute Gasteiger partial charge is 0.253 e. The van der Waals surface area contributed by atoms with E-state index >= 15 is 0 Å². The van der Waals surface area contributed by atoms with Gasteiger partial charge in [-0.05, 0) is 37.1 Å². The summed E-state index contributed by atoms with van der Waals surface area (Å²) in [6, 6.07) is 7.87. The molecule has 0 aliphatic carbocycles. The van der Waals surface area contributed by atoms with Crippen LogP contribution in [0.15, 0.2) is 30.5 Å². The topological polar surface area (TPSA) is 62.1 Å². The van der Waals surface area contributed by atoms with Gasteiger partial charge in [0.1, 0.15) is 0 Å². The highest BCUT2D eigenvalue weighted by molar-refractivity contribution is 5.98. The van der Waals surface area contributed by atoms with Crippen LogP contribution < -0.4 is 5.73 Å². The number of nitrogens with two attached hydrogens (primary N) is 1. The highest BCUT2D eigenvalue weighted by Gasteiger charge is 2.22. The average Bonchev–Trinajstić information content (AvgIpc) is 2.85. The maximum absolute atomic E-state index is 12.4. The molecule has 0 bridgehead atoms. The lowest BCUT2D eigenvalue weighted by Gasteiger charge is -2.30. The molecule has 4 heteroatoms. The molecule has 18 heavy (non-hydrogen) atoms. The molecule has 0 radical (unpaired) electrons. The summed E-state index contributed by atoms with van der Waals surface area (Å²) in [5.41, 5.74) is 7.72. The van der Waals surface area contributed by atoms with Crippen LogP contribution in [0.2, 0.25) is 0 Å². The van der Waals surface area contributed by atoms with E-state index in [0.717, 1.165) is 35.9 Å². The zero-order chi connectivity index (χ0) is 12.5. The summed E-state index contributed by atoms with van der Waals surface area (Å²) in [6.07, 6.45) is 3.90. The molecule has 2 heterocycles. The zero-order valence-electron chi connectivity index (χ0n) is 10.2. The Kier molecular flexibility index (Phi) is 2.80. The fraction of sp³-hybridized carbons (Fsp3) is 0.357. The largest absolute Gasteiger partial charge is 0.361 e. The number of nitrogens with zero attached hydrogens (tertiary/aromatic N) is 1. The van der Waals surface area contributed by atoms with E-state index < -0.39 is 0 Å². The number of nitrogens with one attached hydrogen (secondary N) is 1. The van der Waals surface area contributed by atoms with E-state index in [0.29, 0.717) is 6.54 Å². The second-order valence-corrected chi connectivity index (χ2v) is 4.93. The summed E-state index contributed by atoms with van der Waals surface area (Å²) in [6.45, 7) is 1.49. The fourth-order valence-electron chi connectivity index (χ4n) is 2.56.